The number of nitrogens with one attached hydrogen (secondary N) is 1. The van der Waals surface area contributed by atoms with Crippen molar-refractivity contribution in [2.24, 2.45) is 0 Å². The number of hydrogen-bond donors (Lipinski definition) is 1. The molecule has 5 nitrogen and oxygen atoms in total. The molecule has 2 aliphatic heterocycles. The van der Waals surface area contributed by atoms with E-state index in [1.807, 2.05) is 0 Å². The molecule has 0 saturated carbocycles. The molecule has 1 aromatic heterocycles. The highest BCUT2D eigenvalue weighted by atomic mass is 35.5. The van der Waals surface area contributed by atoms with Crippen molar-refractivity contribution in [3.8, 4) is 0 Å². The Morgan fingerprint density at radius 2 is 1.97 bits per heavy atom. The Labute approximate surface area is 180 Å². The normalized spacial score (nSPS) is 26.3. The summed E-state index contributed by atoms with van der Waals surface area (Å²) in [6.45, 7) is 2.70. The van der Waals surface area contributed by atoms with Gasteiger partial charge in [0.15, 0.2) is 0 Å². The first-order chi connectivity index (χ1) is 14.6. The highest BCUT2D eigenvalue weighted by Gasteiger charge is 2.32. The molecular weight excluding hydrogens is 405 g/mol. The predicted octanol–water partition coefficient (Wildman–Crippen LogP) is 4.58. The molecule has 2 saturated heterocycles. The lowest BCUT2D eigenvalue weighted by Crippen LogP contribution is -2.47. The zero-order chi connectivity index (χ0) is 20.7. The van der Waals surface area contributed by atoms with E-state index in [1.165, 1.54) is 11.6 Å². The number of H-pyrrole nitrogens is 1. The quantitative estimate of drug-likeness (QED) is 0.773. The number of aromatic nitrogens is 2. The molecule has 7 heteroatoms. The third-order valence-corrected chi connectivity index (χ3v) is 7.08. The van der Waals surface area contributed by atoms with Crippen LogP contribution in [0.5, 0.6) is 0 Å². The number of imidazole rings is 1. The number of allylic oxidation sites excluding steroid dienone is 2. The van der Waals surface area contributed by atoms with Gasteiger partial charge in [-0.3, -0.25) is 4.57 Å². The van der Waals surface area contributed by atoms with Crippen molar-refractivity contribution >= 4 is 22.6 Å². The Morgan fingerprint density at radius 3 is 2.73 bits per heavy atom. The van der Waals surface area contributed by atoms with E-state index in [2.05, 4.69) is 28.1 Å². The number of rotatable bonds is 3. The molecule has 1 aliphatic carbocycles. The molecule has 1 N–H and O–H groups in total. The second kappa shape index (κ2) is 8.33. The Hall–Kier alpha value is -1.89. The molecule has 30 heavy (non-hydrogen) atoms. The van der Waals surface area contributed by atoms with Gasteiger partial charge in [-0.1, -0.05) is 29.8 Å². The maximum atomic E-state index is 13.8. The number of hydrogen-bond acceptors (Lipinski definition) is 3. The van der Waals surface area contributed by atoms with Crippen LogP contribution in [0.15, 0.2) is 40.7 Å². The zero-order valence-electron chi connectivity index (χ0n) is 16.9. The molecule has 2 unspecified atom stereocenters. The maximum Gasteiger partial charge on any atom is 0.326 e. The van der Waals surface area contributed by atoms with Crippen LogP contribution in [0, 0.1) is 5.82 Å². The SMILES string of the molecule is O=c1[nH]c2cc(F)c(Cl)cc2n1C1CCN(C2CCOC(C3=CCCC=C3)C2)CC1. The van der Waals surface area contributed by atoms with Gasteiger partial charge in [0.25, 0.3) is 0 Å². The lowest BCUT2D eigenvalue weighted by molar-refractivity contribution is -0.0150. The van der Waals surface area contributed by atoms with Gasteiger partial charge in [-0.25, -0.2) is 9.18 Å². The number of fused-ring (bicyclic) bond motifs is 1. The fraction of sp³-hybridized carbons (Fsp3) is 0.522. The largest absolute Gasteiger partial charge is 0.373 e. The van der Waals surface area contributed by atoms with Crippen LogP contribution >= 0.6 is 11.6 Å². The van der Waals surface area contributed by atoms with Gasteiger partial charge in [0.2, 0.25) is 0 Å². The smallest absolute Gasteiger partial charge is 0.326 e. The fourth-order valence-electron chi connectivity index (χ4n) is 5.21. The second-order valence-corrected chi connectivity index (χ2v) is 8.98. The first-order valence-electron chi connectivity index (χ1n) is 10.9. The number of ether oxygens (including phenoxy) is 1. The van der Waals surface area contributed by atoms with Crippen molar-refractivity contribution in [2.45, 2.75) is 56.7 Å². The minimum absolute atomic E-state index is 0.0481. The van der Waals surface area contributed by atoms with Gasteiger partial charge in [-0.05, 0) is 50.2 Å². The zero-order valence-corrected chi connectivity index (χ0v) is 17.7. The van der Waals surface area contributed by atoms with Gasteiger partial charge in [0.05, 0.1) is 22.2 Å². The maximum absolute atomic E-state index is 13.8. The van der Waals surface area contributed by atoms with E-state index in [0.717, 1.165) is 58.2 Å². The number of halogens is 2. The van der Waals surface area contributed by atoms with Crippen LogP contribution in [0.4, 0.5) is 4.39 Å². The average Bonchev–Trinajstić information content (AvgIpc) is 3.09. The number of piperidine rings is 1. The van der Waals surface area contributed by atoms with Crippen molar-refractivity contribution in [2.75, 3.05) is 19.7 Å². The highest BCUT2D eigenvalue weighted by Crippen LogP contribution is 2.32. The van der Waals surface area contributed by atoms with Gasteiger partial charge in [0.1, 0.15) is 5.82 Å². The standard InChI is InChI=1S/C23H27ClFN3O2/c24-18-13-21-20(14-19(18)25)26-23(29)28(21)16-6-9-27(10-7-16)17-8-11-30-22(12-17)15-4-2-1-3-5-15/h2,4-5,13-14,16-17,22H,1,3,6-12H2,(H,26,29). The Bertz CT molecular complexity index is 1050. The van der Waals surface area contributed by atoms with Crippen LogP contribution in [0.1, 0.15) is 44.6 Å². The van der Waals surface area contributed by atoms with Crippen molar-refractivity contribution in [1.29, 1.82) is 0 Å². The molecule has 2 aromatic rings. The Balaban J connectivity index is 1.28. The van der Waals surface area contributed by atoms with Crippen LogP contribution < -0.4 is 5.69 Å². The van der Waals surface area contributed by atoms with Crippen LogP contribution in [0.25, 0.3) is 11.0 Å². The second-order valence-electron chi connectivity index (χ2n) is 8.57. The van der Waals surface area contributed by atoms with Gasteiger partial charge in [-0.15, -0.1) is 0 Å². The lowest BCUT2D eigenvalue weighted by atomic mass is 9.91. The Kier molecular flexibility index (Phi) is 5.56. The molecule has 3 heterocycles. The van der Waals surface area contributed by atoms with Crippen molar-refractivity contribution in [3.05, 3.63) is 57.3 Å². The van der Waals surface area contributed by atoms with Crippen LogP contribution in [-0.4, -0.2) is 46.3 Å². The summed E-state index contributed by atoms with van der Waals surface area (Å²) in [5.41, 5.74) is 2.33. The third kappa shape index (κ3) is 3.77. The minimum Gasteiger partial charge on any atom is -0.373 e. The van der Waals surface area contributed by atoms with E-state index in [0.29, 0.717) is 17.1 Å². The third-order valence-electron chi connectivity index (χ3n) is 6.79. The molecule has 3 aliphatic rings. The van der Waals surface area contributed by atoms with E-state index in [4.69, 9.17) is 16.3 Å². The molecule has 2 atom stereocenters. The fourth-order valence-corrected chi connectivity index (χ4v) is 5.37. The molecule has 0 amide bonds. The predicted molar refractivity (Wildman–Crippen MR) is 117 cm³/mol. The van der Waals surface area contributed by atoms with Crippen LogP contribution in [0.2, 0.25) is 5.02 Å². The molecular formula is C23H27ClFN3O2. The van der Waals surface area contributed by atoms with Gasteiger partial charge < -0.3 is 14.6 Å². The summed E-state index contributed by atoms with van der Waals surface area (Å²) in [5, 5.41) is 0.0481. The summed E-state index contributed by atoms with van der Waals surface area (Å²) in [6, 6.07) is 3.49. The van der Waals surface area contributed by atoms with Crippen molar-refractivity contribution in [1.82, 2.24) is 14.5 Å². The van der Waals surface area contributed by atoms with Crippen molar-refractivity contribution < 1.29 is 9.13 Å². The van der Waals surface area contributed by atoms with Gasteiger partial charge in [0, 0.05) is 37.8 Å². The molecule has 2 fully saturated rings. The number of nitrogens with zero attached hydrogens (tertiary/aromatic N) is 2. The molecule has 5 rings (SSSR count). The van der Waals surface area contributed by atoms with Crippen LogP contribution in [-0.2, 0) is 4.74 Å². The van der Waals surface area contributed by atoms with E-state index in [-0.39, 0.29) is 22.9 Å². The number of benzene rings is 1. The average molecular weight is 432 g/mol. The summed E-state index contributed by atoms with van der Waals surface area (Å²) in [4.78, 5) is 17.9. The molecule has 160 valence electrons. The first kappa shape index (κ1) is 20.0. The molecule has 0 bridgehead atoms. The summed E-state index contributed by atoms with van der Waals surface area (Å²) in [7, 11) is 0. The molecule has 0 spiro atoms. The number of likely N-dealkylation sites (tertiary alicyclic amines) is 1. The van der Waals surface area contributed by atoms with E-state index in [1.54, 1.807) is 10.6 Å². The Morgan fingerprint density at radius 1 is 1.13 bits per heavy atom. The number of aromatic amines is 1. The van der Waals surface area contributed by atoms with E-state index >= 15 is 0 Å². The van der Waals surface area contributed by atoms with E-state index < -0.39 is 5.82 Å². The van der Waals surface area contributed by atoms with Crippen molar-refractivity contribution in [3.63, 3.8) is 0 Å². The summed E-state index contributed by atoms with van der Waals surface area (Å²) >= 11 is 5.98. The first-order valence-corrected chi connectivity index (χ1v) is 11.3. The monoisotopic (exact) mass is 431 g/mol. The highest BCUT2D eigenvalue weighted by molar-refractivity contribution is 6.31. The molecule has 0 radical (unpaired) electrons. The molecule has 1 aromatic carbocycles. The van der Waals surface area contributed by atoms with Crippen LogP contribution in [0.3, 0.4) is 0 Å². The van der Waals surface area contributed by atoms with Gasteiger partial charge >= 0.3 is 5.69 Å². The van der Waals surface area contributed by atoms with Gasteiger partial charge in [-0.2, -0.15) is 0 Å². The minimum atomic E-state index is -0.510. The summed E-state index contributed by atoms with van der Waals surface area (Å²) in [6.07, 6.45) is 13.1. The lowest BCUT2D eigenvalue weighted by Gasteiger charge is -2.41. The van der Waals surface area contributed by atoms with E-state index in [9.17, 15) is 9.18 Å². The summed E-state index contributed by atoms with van der Waals surface area (Å²) < 4.78 is 21.6. The summed E-state index contributed by atoms with van der Waals surface area (Å²) in [5.74, 6) is -0.510. The topological polar surface area (TPSA) is 50.3 Å².